The summed E-state index contributed by atoms with van der Waals surface area (Å²) in [5.41, 5.74) is 1.23. The number of fused-ring (bicyclic) bond motifs is 2. The Bertz CT molecular complexity index is 669. The van der Waals surface area contributed by atoms with E-state index in [4.69, 9.17) is 14.9 Å². The van der Waals surface area contributed by atoms with E-state index in [1.165, 1.54) is 5.56 Å². The van der Waals surface area contributed by atoms with Crippen LogP contribution in [-0.4, -0.2) is 34.5 Å². The monoisotopic (exact) mass is 386 g/mol. The molecule has 1 aromatic carbocycles. The second-order valence-corrected chi connectivity index (χ2v) is 7.72. The molecule has 0 spiro atoms. The molecular formula is C23H30O5. The molecule has 5 heteroatoms. The van der Waals surface area contributed by atoms with Crippen molar-refractivity contribution in [2.75, 3.05) is 0 Å². The van der Waals surface area contributed by atoms with E-state index in [1.54, 1.807) is 0 Å². The van der Waals surface area contributed by atoms with E-state index in [0.717, 1.165) is 25.7 Å². The van der Waals surface area contributed by atoms with Crippen LogP contribution in [0, 0.1) is 11.8 Å². The predicted molar refractivity (Wildman–Crippen MR) is 106 cm³/mol. The van der Waals surface area contributed by atoms with Gasteiger partial charge in [-0.1, -0.05) is 54.6 Å². The van der Waals surface area contributed by atoms with E-state index in [0.29, 0.717) is 18.8 Å². The Morgan fingerprint density at radius 3 is 2.75 bits per heavy atom. The smallest absolute Gasteiger partial charge is 0.303 e. The number of hydrogen-bond acceptors (Lipinski definition) is 4. The maximum absolute atomic E-state index is 10.5. The van der Waals surface area contributed by atoms with Gasteiger partial charge in [0.25, 0.3) is 0 Å². The van der Waals surface area contributed by atoms with Gasteiger partial charge in [0, 0.05) is 24.7 Å². The van der Waals surface area contributed by atoms with E-state index >= 15 is 0 Å². The number of carbonyl (C=O) groups is 1. The number of carboxylic acids is 1. The van der Waals surface area contributed by atoms with Gasteiger partial charge in [0.2, 0.25) is 0 Å². The van der Waals surface area contributed by atoms with Gasteiger partial charge in [-0.05, 0) is 37.7 Å². The standard InChI is InChI=1S/C23H30O5/c24-18(13-12-17-8-4-3-5-9-17)14-15-20-19(21-16-22(20)28-27-21)10-6-1-2-7-11-23(25)26/h1,3-6,8-9,14-15,18-22,24H,2,7,10-13,16H2,(H,25,26)/b6-1-,15-14+/t18-,19+,20+,21+,22-/m0/s1. The average Bonchev–Trinajstić information content (AvgIpc) is 3.30. The molecule has 1 aromatic rings. The highest BCUT2D eigenvalue weighted by atomic mass is 17.2. The van der Waals surface area contributed by atoms with E-state index in [9.17, 15) is 9.90 Å². The SMILES string of the molecule is O=C(O)CCC/C=C\C[C@@H]1[C@@H](/C=C/[C@@H](O)CCc2ccccc2)[C@@H]2C[C@H]1OO2. The molecule has 1 saturated heterocycles. The normalized spacial score (nSPS) is 27.8. The molecule has 0 aromatic heterocycles. The Balaban J connectivity index is 1.46. The number of aliphatic hydroxyl groups is 1. The molecule has 5 atom stereocenters. The number of aliphatic hydroxyl groups excluding tert-OH is 1. The van der Waals surface area contributed by atoms with Crippen LogP contribution in [0.1, 0.15) is 44.1 Å². The molecule has 0 radical (unpaired) electrons. The fourth-order valence-corrected chi connectivity index (χ4v) is 4.07. The van der Waals surface area contributed by atoms with Gasteiger partial charge in [0.05, 0.1) is 12.2 Å². The van der Waals surface area contributed by atoms with E-state index in [2.05, 4.69) is 30.4 Å². The van der Waals surface area contributed by atoms with E-state index in [1.807, 2.05) is 24.3 Å². The van der Waals surface area contributed by atoms with Gasteiger partial charge in [-0.3, -0.25) is 4.79 Å². The molecule has 1 heterocycles. The lowest BCUT2D eigenvalue weighted by Crippen LogP contribution is -2.28. The summed E-state index contributed by atoms with van der Waals surface area (Å²) in [5.74, 6) is -0.163. The van der Waals surface area contributed by atoms with Crippen LogP contribution in [0.15, 0.2) is 54.6 Å². The molecule has 152 valence electrons. The molecule has 0 amide bonds. The van der Waals surface area contributed by atoms with Gasteiger partial charge in [-0.15, -0.1) is 0 Å². The Morgan fingerprint density at radius 2 is 1.96 bits per heavy atom. The van der Waals surface area contributed by atoms with E-state index in [-0.39, 0.29) is 24.5 Å². The molecule has 1 aliphatic heterocycles. The minimum Gasteiger partial charge on any atom is -0.481 e. The van der Waals surface area contributed by atoms with Crippen LogP contribution in [0.2, 0.25) is 0 Å². The third kappa shape index (κ3) is 6.03. The van der Waals surface area contributed by atoms with Crippen molar-refractivity contribution in [1.29, 1.82) is 0 Å². The minimum atomic E-state index is -0.747. The lowest BCUT2D eigenvalue weighted by atomic mass is 9.89. The summed E-state index contributed by atoms with van der Waals surface area (Å²) in [5, 5.41) is 19.0. The van der Waals surface area contributed by atoms with Gasteiger partial charge in [-0.2, -0.15) is 0 Å². The van der Waals surface area contributed by atoms with Crippen molar-refractivity contribution in [2.45, 2.75) is 63.3 Å². The lowest BCUT2D eigenvalue weighted by molar-refractivity contribution is -0.336. The lowest BCUT2D eigenvalue weighted by Gasteiger charge is -2.27. The molecule has 3 rings (SSSR count). The zero-order valence-corrected chi connectivity index (χ0v) is 16.2. The Kier molecular flexibility index (Phi) is 7.83. The van der Waals surface area contributed by atoms with Crippen molar-refractivity contribution < 1.29 is 24.8 Å². The number of rotatable bonds is 11. The summed E-state index contributed by atoms with van der Waals surface area (Å²) in [7, 11) is 0. The summed E-state index contributed by atoms with van der Waals surface area (Å²) in [6, 6.07) is 10.2. The van der Waals surface area contributed by atoms with Crippen LogP contribution >= 0.6 is 0 Å². The molecule has 28 heavy (non-hydrogen) atoms. The summed E-state index contributed by atoms with van der Waals surface area (Å²) in [6.45, 7) is 0. The van der Waals surface area contributed by atoms with Crippen LogP contribution in [0.5, 0.6) is 0 Å². The number of unbranched alkanes of at least 4 members (excludes halogenated alkanes) is 1. The number of allylic oxidation sites excluding steroid dienone is 2. The van der Waals surface area contributed by atoms with Crippen molar-refractivity contribution in [2.24, 2.45) is 11.8 Å². The highest BCUT2D eigenvalue weighted by molar-refractivity contribution is 5.66. The minimum absolute atomic E-state index is 0.0629. The van der Waals surface area contributed by atoms with Crippen LogP contribution in [-0.2, 0) is 21.0 Å². The topological polar surface area (TPSA) is 76.0 Å². The molecule has 5 nitrogen and oxygen atoms in total. The molecule has 2 aliphatic rings. The summed E-state index contributed by atoms with van der Waals surface area (Å²) in [4.78, 5) is 21.4. The van der Waals surface area contributed by atoms with Gasteiger partial charge >= 0.3 is 5.97 Å². The number of aliphatic carboxylic acids is 1. The quantitative estimate of drug-likeness (QED) is 0.341. The van der Waals surface area contributed by atoms with Gasteiger partial charge in [-0.25, -0.2) is 9.78 Å². The average molecular weight is 386 g/mol. The van der Waals surface area contributed by atoms with Crippen molar-refractivity contribution in [1.82, 2.24) is 0 Å². The second-order valence-electron chi connectivity index (χ2n) is 7.72. The molecular weight excluding hydrogens is 356 g/mol. The summed E-state index contributed by atoms with van der Waals surface area (Å²) < 4.78 is 0. The van der Waals surface area contributed by atoms with Crippen molar-refractivity contribution in [3.63, 3.8) is 0 Å². The van der Waals surface area contributed by atoms with Crippen molar-refractivity contribution in [3.05, 3.63) is 60.2 Å². The molecule has 2 bridgehead atoms. The Hall–Kier alpha value is -1.95. The zero-order valence-electron chi connectivity index (χ0n) is 16.2. The number of hydrogen-bond donors (Lipinski definition) is 2. The first-order valence-corrected chi connectivity index (χ1v) is 10.2. The predicted octanol–water partition coefficient (Wildman–Crippen LogP) is 4.07. The van der Waals surface area contributed by atoms with E-state index < -0.39 is 12.1 Å². The maximum Gasteiger partial charge on any atom is 0.303 e. The molecule has 1 saturated carbocycles. The summed E-state index contributed by atoms with van der Waals surface area (Å²) >= 11 is 0. The van der Waals surface area contributed by atoms with Crippen molar-refractivity contribution >= 4 is 5.97 Å². The first-order valence-electron chi connectivity index (χ1n) is 10.2. The fourth-order valence-electron chi connectivity index (χ4n) is 4.07. The largest absolute Gasteiger partial charge is 0.481 e. The highest BCUT2D eigenvalue weighted by Gasteiger charge is 2.49. The second kappa shape index (κ2) is 10.6. The molecule has 1 aliphatic carbocycles. The molecule has 2 fully saturated rings. The molecule has 0 unspecified atom stereocenters. The number of aryl methyl sites for hydroxylation is 1. The van der Waals surface area contributed by atoms with Gasteiger partial charge < -0.3 is 10.2 Å². The van der Waals surface area contributed by atoms with Crippen LogP contribution in [0.25, 0.3) is 0 Å². The Morgan fingerprint density at radius 1 is 1.18 bits per heavy atom. The zero-order chi connectivity index (χ0) is 19.8. The van der Waals surface area contributed by atoms with Crippen LogP contribution < -0.4 is 0 Å². The first kappa shape index (κ1) is 20.8. The first-order chi connectivity index (χ1) is 13.6. The third-order valence-electron chi connectivity index (χ3n) is 5.63. The van der Waals surface area contributed by atoms with Crippen LogP contribution in [0.4, 0.5) is 0 Å². The number of carboxylic acid groups (broad SMARTS) is 1. The molecule has 2 N–H and O–H groups in total. The van der Waals surface area contributed by atoms with Crippen LogP contribution in [0.3, 0.4) is 0 Å². The summed E-state index contributed by atoms with van der Waals surface area (Å²) in [6.07, 6.45) is 12.9. The highest BCUT2D eigenvalue weighted by Crippen LogP contribution is 2.44. The fraction of sp³-hybridized carbons (Fsp3) is 0.522. The Labute approximate surface area is 166 Å². The van der Waals surface area contributed by atoms with Gasteiger partial charge in [0.1, 0.15) is 6.10 Å². The van der Waals surface area contributed by atoms with Gasteiger partial charge in [0.15, 0.2) is 0 Å². The third-order valence-corrected chi connectivity index (χ3v) is 5.63. The van der Waals surface area contributed by atoms with Crippen molar-refractivity contribution in [3.8, 4) is 0 Å². The number of benzene rings is 1. The maximum atomic E-state index is 10.5.